The minimum atomic E-state index is -0.01000. The molecule has 2 aliphatic heterocycles. The summed E-state index contributed by atoms with van der Waals surface area (Å²) in [6.07, 6.45) is 4.90. The summed E-state index contributed by atoms with van der Waals surface area (Å²) >= 11 is 3.45. The third-order valence-corrected chi connectivity index (χ3v) is 6.48. The van der Waals surface area contributed by atoms with E-state index in [-0.39, 0.29) is 11.9 Å². The quantitative estimate of drug-likeness (QED) is 0.746. The maximum atomic E-state index is 12.7. The van der Waals surface area contributed by atoms with Gasteiger partial charge in [-0.3, -0.25) is 9.69 Å². The van der Waals surface area contributed by atoms with Gasteiger partial charge >= 0.3 is 0 Å². The number of carbonyl (C=O) groups is 1. The molecule has 0 bridgehead atoms. The Morgan fingerprint density at radius 2 is 1.93 bits per heavy atom. The zero-order valence-electron chi connectivity index (χ0n) is 16.5. The molecule has 2 aliphatic rings. The average Bonchev–Trinajstić information content (AvgIpc) is 3.09. The summed E-state index contributed by atoms with van der Waals surface area (Å²) in [4.78, 5) is 17.6. The second-order valence-corrected chi connectivity index (χ2v) is 8.81. The van der Waals surface area contributed by atoms with Crippen LogP contribution in [0.3, 0.4) is 0 Å². The Morgan fingerprint density at radius 1 is 1.11 bits per heavy atom. The monoisotopic (exact) mass is 441 g/mol. The molecule has 0 saturated carbocycles. The van der Waals surface area contributed by atoms with Crippen LogP contribution < -0.4 is 10.2 Å². The Kier molecular flexibility index (Phi) is 6.02. The molecule has 1 fully saturated rings. The second-order valence-electron chi connectivity index (χ2n) is 7.89. The fourth-order valence-electron chi connectivity index (χ4n) is 4.40. The van der Waals surface area contributed by atoms with E-state index in [0.29, 0.717) is 12.1 Å². The maximum Gasteiger partial charge on any atom is 0.251 e. The molecular formula is C23H28BrN3O. The minimum Gasteiger partial charge on any atom is -0.374 e. The number of nitrogens with one attached hydrogen (secondary N) is 1. The number of benzene rings is 2. The Labute approximate surface area is 176 Å². The summed E-state index contributed by atoms with van der Waals surface area (Å²) < 4.78 is 0.926. The number of carbonyl (C=O) groups excluding carboxylic acids is 1. The topological polar surface area (TPSA) is 35.6 Å². The first-order valence-electron chi connectivity index (χ1n) is 10.2. The first kappa shape index (κ1) is 19.5. The first-order valence-corrected chi connectivity index (χ1v) is 11.0. The highest BCUT2D eigenvalue weighted by molar-refractivity contribution is 9.10. The van der Waals surface area contributed by atoms with Gasteiger partial charge in [-0.05, 0) is 67.7 Å². The molecule has 0 spiro atoms. The van der Waals surface area contributed by atoms with Gasteiger partial charge in [0.05, 0.1) is 6.04 Å². The molecule has 0 radical (unpaired) electrons. The first-order chi connectivity index (χ1) is 13.6. The fourth-order valence-corrected chi connectivity index (χ4v) is 4.80. The van der Waals surface area contributed by atoms with Crippen molar-refractivity contribution in [3.8, 4) is 0 Å². The number of fused-ring (bicyclic) bond motifs is 1. The van der Waals surface area contributed by atoms with Gasteiger partial charge in [0, 0.05) is 35.9 Å². The van der Waals surface area contributed by atoms with E-state index in [0.717, 1.165) is 30.5 Å². The molecule has 1 saturated heterocycles. The zero-order chi connectivity index (χ0) is 19.5. The highest BCUT2D eigenvalue weighted by Gasteiger charge is 2.25. The van der Waals surface area contributed by atoms with Gasteiger partial charge in [-0.1, -0.05) is 40.5 Å². The van der Waals surface area contributed by atoms with Crippen molar-refractivity contribution in [2.45, 2.75) is 31.7 Å². The van der Waals surface area contributed by atoms with Crippen molar-refractivity contribution >= 4 is 27.5 Å². The molecule has 1 unspecified atom stereocenters. The van der Waals surface area contributed by atoms with E-state index in [1.165, 1.54) is 36.1 Å². The van der Waals surface area contributed by atoms with E-state index in [2.05, 4.69) is 56.3 Å². The number of hydrogen-bond acceptors (Lipinski definition) is 3. The molecule has 4 rings (SSSR count). The van der Waals surface area contributed by atoms with Crippen molar-refractivity contribution in [2.75, 3.05) is 38.1 Å². The third-order valence-electron chi connectivity index (χ3n) is 5.99. The fraction of sp³-hybridized carbons (Fsp3) is 0.435. The van der Waals surface area contributed by atoms with E-state index in [1.807, 2.05) is 24.3 Å². The number of likely N-dealkylation sites (tertiary alicyclic amines) is 1. The lowest BCUT2D eigenvalue weighted by atomic mass is 9.98. The van der Waals surface area contributed by atoms with Gasteiger partial charge in [0.15, 0.2) is 0 Å². The SMILES string of the molecule is CN1CCc2cc(C(CNC(=O)c3cccc(Br)c3)N3CCCCC3)ccc21. The number of hydrogen-bond donors (Lipinski definition) is 1. The van der Waals surface area contributed by atoms with E-state index in [1.54, 1.807) is 0 Å². The predicted octanol–water partition coefficient (Wildman–Crippen LogP) is 4.40. The number of amides is 1. The average molecular weight is 442 g/mol. The number of anilines is 1. The van der Waals surface area contributed by atoms with Crippen molar-refractivity contribution in [1.82, 2.24) is 10.2 Å². The van der Waals surface area contributed by atoms with Gasteiger partial charge in [-0.25, -0.2) is 0 Å². The molecule has 0 aliphatic carbocycles. The number of rotatable bonds is 5. The van der Waals surface area contributed by atoms with E-state index >= 15 is 0 Å². The van der Waals surface area contributed by atoms with Crippen LogP contribution in [0.4, 0.5) is 5.69 Å². The summed E-state index contributed by atoms with van der Waals surface area (Å²) in [6, 6.07) is 14.7. The highest BCUT2D eigenvalue weighted by atomic mass is 79.9. The van der Waals surface area contributed by atoms with E-state index in [4.69, 9.17) is 0 Å². The summed E-state index contributed by atoms with van der Waals surface area (Å²) in [5.41, 5.74) is 4.80. The molecule has 1 N–H and O–H groups in total. The molecule has 5 heteroatoms. The van der Waals surface area contributed by atoms with Gasteiger partial charge < -0.3 is 10.2 Å². The smallest absolute Gasteiger partial charge is 0.251 e. The molecule has 28 heavy (non-hydrogen) atoms. The third kappa shape index (κ3) is 4.26. The molecule has 4 nitrogen and oxygen atoms in total. The highest BCUT2D eigenvalue weighted by Crippen LogP contribution is 2.32. The maximum absolute atomic E-state index is 12.7. The standard InChI is InChI=1S/C23H28BrN3O/c1-26-13-10-18-14-17(8-9-21(18)26)22(27-11-3-2-4-12-27)16-25-23(28)19-6-5-7-20(24)15-19/h5-9,14-15,22H,2-4,10-13,16H2,1H3,(H,25,28). The molecular weight excluding hydrogens is 414 g/mol. The Hall–Kier alpha value is -1.85. The van der Waals surface area contributed by atoms with Gasteiger partial charge in [-0.15, -0.1) is 0 Å². The summed E-state index contributed by atoms with van der Waals surface area (Å²) in [6.45, 7) is 3.94. The molecule has 2 aromatic rings. The lowest BCUT2D eigenvalue weighted by Gasteiger charge is -2.35. The van der Waals surface area contributed by atoms with Crippen LogP contribution >= 0.6 is 15.9 Å². The number of likely N-dealkylation sites (N-methyl/N-ethyl adjacent to an activating group) is 1. The van der Waals surface area contributed by atoms with Crippen LogP contribution in [-0.4, -0.2) is 44.0 Å². The Bertz CT molecular complexity index is 847. The van der Waals surface area contributed by atoms with Crippen LogP contribution in [-0.2, 0) is 6.42 Å². The van der Waals surface area contributed by atoms with Gasteiger partial charge in [-0.2, -0.15) is 0 Å². The van der Waals surface area contributed by atoms with Gasteiger partial charge in [0.1, 0.15) is 0 Å². The van der Waals surface area contributed by atoms with Crippen molar-refractivity contribution < 1.29 is 4.79 Å². The van der Waals surface area contributed by atoms with Crippen molar-refractivity contribution in [1.29, 1.82) is 0 Å². The molecule has 2 heterocycles. The number of nitrogens with zero attached hydrogens (tertiary/aromatic N) is 2. The van der Waals surface area contributed by atoms with E-state index < -0.39 is 0 Å². The Balaban J connectivity index is 1.53. The molecule has 1 atom stereocenters. The minimum absolute atomic E-state index is 0.01000. The Morgan fingerprint density at radius 3 is 2.71 bits per heavy atom. The van der Waals surface area contributed by atoms with Crippen LogP contribution in [0, 0.1) is 0 Å². The van der Waals surface area contributed by atoms with Crippen LogP contribution in [0.25, 0.3) is 0 Å². The van der Waals surface area contributed by atoms with Crippen LogP contribution in [0.5, 0.6) is 0 Å². The molecule has 148 valence electrons. The van der Waals surface area contributed by atoms with Gasteiger partial charge in [0.25, 0.3) is 5.91 Å². The normalized spacial score (nSPS) is 18.0. The predicted molar refractivity (Wildman–Crippen MR) is 118 cm³/mol. The summed E-state index contributed by atoms with van der Waals surface area (Å²) in [7, 11) is 2.16. The van der Waals surface area contributed by atoms with Crippen molar-refractivity contribution in [3.05, 3.63) is 63.6 Å². The summed E-state index contributed by atoms with van der Waals surface area (Å²) in [5.74, 6) is -0.01000. The van der Waals surface area contributed by atoms with Crippen LogP contribution in [0.2, 0.25) is 0 Å². The lowest BCUT2D eigenvalue weighted by Crippen LogP contribution is -2.40. The second kappa shape index (κ2) is 8.66. The lowest BCUT2D eigenvalue weighted by molar-refractivity contribution is 0.0924. The van der Waals surface area contributed by atoms with Crippen molar-refractivity contribution in [2.24, 2.45) is 0 Å². The summed E-state index contributed by atoms with van der Waals surface area (Å²) in [5, 5.41) is 3.19. The van der Waals surface area contributed by atoms with Crippen LogP contribution in [0.15, 0.2) is 46.9 Å². The van der Waals surface area contributed by atoms with Crippen LogP contribution in [0.1, 0.15) is 46.8 Å². The molecule has 1 amide bonds. The molecule has 2 aromatic carbocycles. The number of piperidine rings is 1. The van der Waals surface area contributed by atoms with Crippen molar-refractivity contribution in [3.63, 3.8) is 0 Å². The number of halogens is 1. The van der Waals surface area contributed by atoms with E-state index in [9.17, 15) is 4.79 Å². The van der Waals surface area contributed by atoms with Gasteiger partial charge in [0.2, 0.25) is 0 Å². The largest absolute Gasteiger partial charge is 0.374 e. The molecule has 0 aromatic heterocycles. The zero-order valence-corrected chi connectivity index (χ0v) is 18.0.